The standard InChI is InChI=1S/C6H15NO2/c1-3-5-7-6(4-2)9-8/h6-8H,3-5H2,1-2H3. The first-order chi connectivity index (χ1) is 4.35. The molecular weight excluding hydrogens is 118 g/mol. The van der Waals surface area contributed by atoms with Crippen LogP contribution in [0.1, 0.15) is 26.7 Å². The van der Waals surface area contributed by atoms with Crippen LogP contribution >= 0.6 is 0 Å². The van der Waals surface area contributed by atoms with E-state index in [9.17, 15) is 0 Å². The second kappa shape index (κ2) is 6.01. The molecule has 3 nitrogen and oxygen atoms in total. The highest BCUT2D eigenvalue weighted by Crippen LogP contribution is 1.89. The number of hydrogen-bond acceptors (Lipinski definition) is 3. The summed E-state index contributed by atoms with van der Waals surface area (Å²) in [7, 11) is 0. The van der Waals surface area contributed by atoms with Gasteiger partial charge in [-0.1, -0.05) is 13.8 Å². The molecule has 1 atom stereocenters. The summed E-state index contributed by atoms with van der Waals surface area (Å²) < 4.78 is 0. The van der Waals surface area contributed by atoms with Crippen molar-refractivity contribution in [1.29, 1.82) is 0 Å². The smallest absolute Gasteiger partial charge is 0.143 e. The molecule has 0 saturated carbocycles. The second-order valence-corrected chi connectivity index (χ2v) is 1.96. The quantitative estimate of drug-likeness (QED) is 0.336. The maximum Gasteiger partial charge on any atom is 0.143 e. The Balaban J connectivity index is 3.09. The molecule has 9 heavy (non-hydrogen) atoms. The van der Waals surface area contributed by atoms with Crippen molar-refractivity contribution in [1.82, 2.24) is 5.32 Å². The Morgan fingerprint density at radius 2 is 2.22 bits per heavy atom. The lowest BCUT2D eigenvalue weighted by Crippen LogP contribution is -2.30. The fourth-order valence-corrected chi connectivity index (χ4v) is 0.561. The van der Waals surface area contributed by atoms with Crippen molar-refractivity contribution in [2.75, 3.05) is 6.54 Å². The molecule has 0 bridgehead atoms. The molecule has 0 saturated heterocycles. The molecule has 0 heterocycles. The molecule has 0 aliphatic rings. The van der Waals surface area contributed by atoms with E-state index in [1.54, 1.807) is 0 Å². The summed E-state index contributed by atoms with van der Waals surface area (Å²) in [6.07, 6.45) is 1.65. The Labute approximate surface area is 56.0 Å². The third kappa shape index (κ3) is 4.39. The first-order valence-corrected chi connectivity index (χ1v) is 3.38. The van der Waals surface area contributed by atoms with Crippen molar-refractivity contribution < 1.29 is 10.1 Å². The van der Waals surface area contributed by atoms with Crippen LogP contribution in [0.15, 0.2) is 0 Å². The molecule has 0 aromatic carbocycles. The third-order valence-corrected chi connectivity index (χ3v) is 1.12. The van der Waals surface area contributed by atoms with E-state index in [0.29, 0.717) is 0 Å². The van der Waals surface area contributed by atoms with Gasteiger partial charge in [0.1, 0.15) is 6.23 Å². The molecule has 0 spiro atoms. The molecule has 0 radical (unpaired) electrons. The van der Waals surface area contributed by atoms with Crippen molar-refractivity contribution in [3.63, 3.8) is 0 Å². The molecule has 56 valence electrons. The van der Waals surface area contributed by atoms with Crippen LogP contribution < -0.4 is 5.32 Å². The van der Waals surface area contributed by atoms with Gasteiger partial charge in [0.15, 0.2) is 0 Å². The molecule has 0 aromatic rings. The summed E-state index contributed by atoms with van der Waals surface area (Å²) in [4.78, 5) is 4.09. The highest BCUT2D eigenvalue weighted by atomic mass is 17.1. The summed E-state index contributed by atoms with van der Waals surface area (Å²) in [5, 5.41) is 11.2. The van der Waals surface area contributed by atoms with Crippen LogP contribution in [0.25, 0.3) is 0 Å². The summed E-state index contributed by atoms with van der Waals surface area (Å²) >= 11 is 0. The largest absolute Gasteiger partial charge is 0.290 e. The lowest BCUT2D eigenvalue weighted by Gasteiger charge is -2.10. The summed E-state index contributed by atoms with van der Waals surface area (Å²) in [6.45, 7) is 4.90. The van der Waals surface area contributed by atoms with Gasteiger partial charge in [-0.2, -0.15) is 0 Å². The van der Waals surface area contributed by atoms with Crippen molar-refractivity contribution in [2.24, 2.45) is 0 Å². The third-order valence-electron chi connectivity index (χ3n) is 1.12. The van der Waals surface area contributed by atoms with E-state index < -0.39 is 0 Å². The topological polar surface area (TPSA) is 41.5 Å². The number of nitrogens with one attached hydrogen (secondary N) is 1. The lowest BCUT2D eigenvalue weighted by atomic mass is 10.4. The Bertz CT molecular complexity index is 55.0. The minimum absolute atomic E-state index is 0.190. The molecule has 0 amide bonds. The van der Waals surface area contributed by atoms with Gasteiger partial charge in [0.25, 0.3) is 0 Å². The van der Waals surface area contributed by atoms with Gasteiger partial charge in [0.2, 0.25) is 0 Å². The maximum absolute atomic E-state index is 8.19. The fourth-order valence-electron chi connectivity index (χ4n) is 0.561. The van der Waals surface area contributed by atoms with Gasteiger partial charge in [-0.15, -0.1) is 0 Å². The van der Waals surface area contributed by atoms with Gasteiger partial charge in [-0.25, -0.2) is 4.89 Å². The average molecular weight is 133 g/mol. The highest BCUT2D eigenvalue weighted by molar-refractivity contribution is 4.48. The van der Waals surface area contributed by atoms with Gasteiger partial charge in [-0.3, -0.25) is 10.6 Å². The molecule has 1 unspecified atom stereocenters. The van der Waals surface area contributed by atoms with Crippen LogP contribution in [0.2, 0.25) is 0 Å². The molecule has 2 N–H and O–H groups in total. The molecule has 0 fully saturated rings. The second-order valence-electron chi connectivity index (χ2n) is 1.96. The van der Waals surface area contributed by atoms with Crippen molar-refractivity contribution in [3.05, 3.63) is 0 Å². The van der Waals surface area contributed by atoms with E-state index in [4.69, 9.17) is 5.26 Å². The lowest BCUT2D eigenvalue weighted by molar-refractivity contribution is -0.286. The van der Waals surface area contributed by atoms with E-state index in [1.165, 1.54) is 0 Å². The molecule has 0 aliphatic heterocycles. The highest BCUT2D eigenvalue weighted by Gasteiger charge is 2.01. The maximum atomic E-state index is 8.19. The Morgan fingerprint density at radius 1 is 1.56 bits per heavy atom. The van der Waals surface area contributed by atoms with Crippen molar-refractivity contribution >= 4 is 0 Å². The Morgan fingerprint density at radius 3 is 2.56 bits per heavy atom. The zero-order chi connectivity index (χ0) is 7.11. The van der Waals surface area contributed by atoms with Crippen LogP contribution in [0.3, 0.4) is 0 Å². The van der Waals surface area contributed by atoms with Crippen LogP contribution in [-0.2, 0) is 4.89 Å². The van der Waals surface area contributed by atoms with Crippen LogP contribution in [0, 0.1) is 0 Å². The molecule has 3 heteroatoms. The van der Waals surface area contributed by atoms with Crippen LogP contribution in [0.5, 0.6) is 0 Å². The average Bonchev–Trinajstić information content (AvgIpc) is 1.91. The van der Waals surface area contributed by atoms with Crippen LogP contribution in [0.4, 0.5) is 0 Å². The first kappa shape index (κ1) is 8.88. The predicted octanol–water partition coefficient (Wildman–Crippen LogP) is 1.21. The summed E-state index contributed by atoms with van der Waals surface area (Å²) in [6, 6.07) is 0. The Kier molecular flexibility index (Phi) is 5.93. The summed E-state index contributed by atoms with van der Waals surface area (Å²) in [5.74, 6) is 0. The first-order valence-electron chi connectivity index (χ1n) is 3.38. The van der Waals surface area contributed by atoms with E-state index in [2.05, 4.69) is 17.1 Å². The SMILES string of the molecule is CCCNC(CC)OO. The molecule has 0 rings (SSSR count). The zero-order valence-corrected chi connectivity index (χ0v) is 6.05. The Hall–Kier alpha value is -0.120. The van der Waals surface area contributed by atoms with E-state index in [1.807, 2.05) is 6.92 Å². The zero-order valence-electron chi connectivity index (χ0n) is 6.05. The molecule has 0 aromatic heterocycles. The minimum Gasteiger partial charge on any atom is -0.290 e. The van der Waals surface area contributed by atoms with Crippen LogP contribution in [-0.4, -0.2) is 18.0 Å². The van der Waals surface area contributed by atoms with E-state index >= 15 is 0 Å². The van der Waals surface area contributed by atoms with Gasteiger partial charge in [0.05, 0.1) is 0 Å². The molecule has 0 aliphatic carbocycles. The van der Waals surface area contributed by atoms with E-state index in [0.717, 1.165) is 19.4 Å². The van der Waals surface area contributed by atoms with E-state index in [-0.39, 0.29) is 6.23 Å². The van der Waals surface area contributed by atoms with Gasteiger partial charge in [-0.05, 0) is 19.4 Å². The number of hydrogen-bond donors (Lipinski definition) is 2. The minimum atomic E-state index is -0.190. The normalized spacial score (nSPS) is 13.7. The van der Waals surface area contributed by atoms with Gasteiger partial charge >= 0.3 is 0 Å². The molecular formula is C6H15NO2. The van der Waals surface area contributed by atoms with Crippen molar-refractivity contribution in [2.45, 2.75) is 32.9 Å². The van der Waals surface area contributed by atoms with Gasteiger partial charge < -0.3 is 0 Å². The van der Waals surface area contributed by atoms with Gasteiger partial charge in [0, 0.05) is 0 Å². The van der Waals surface area contributed by atoms with Crippen molar-refractivity contribution in [3.8, 4) is 0 Å². The monoisotopic (exact) mass is 133 g/mol. The fraction of sp³-hybridized carbons (Fsp3) is 1.00. The number of rotatable bonds is 5. The predicted molar refractivity (Wildman–Crippen MR) is 36.1 cm³/mol. The summed E-state index contributed by atoms with van der Waals surface area (Å²) in [5.41, 5.74) is 0.